The van der Waals surface area contributed by atoms with Gasteiger partial charge in [-0.1, -0.05) is 6.07 Å². The molecule has 20 heavy (non-hydrogen) atoms. The van der Waals surface area contributed by atoms with Crippen molar-refractivity contribution in [2.45, 2.75) is 6.54 Å². The number of halogens is 1. The van der Waals surface area contributed by atoms with Crippen molar-refractivity contribution in [1.82, 2.24) is 19.5 Å². The number of rotatable bonds is 4. The summed E-state index contributed by atoms with van der Waals surface area (Å²) in [6.45, 7) is 0.463. The van der Waals surface area contributed by atoms with E-state index in [0.29, 0.717) is 18.2 Å². The summed E-state index contributed by atoms with van der Waals surface area (Å²) in [6.07, 6.45) is 8.18. The van der Waals surface area contributed by atoms with Crippen LogP contribution in [-0.2, 0) is 6.54 Å². The second-order valence-corrected chi connectivity index (χ2v) is 4.18. The van der Waals surface area contributed by atoms with Gasteiger partial charge in [-0.15, -0.1) is 0 Å². The second kappa shape index (κ2) is 5.48. The molecule has 0 spiro atoms. The maximum absolute atomic E-state index is 14.0. The highest BCUT2D eigenvalue weighted by molar-refractivity contribution is 5.37. The van der Waals surface area contributed by atoms with Gasteiger partial charge in [0.25, 0.3) is 0 Å². The third-order valence-electron chi connectivity index (χ3n) is 2.81. The van der Waals surface area contributed by atoms with Gasteiger partial charge in [-0.05, 0) is 23.8 Å². The number of hydrogen-bond donors (Lipinski definition) is 1. The fourth-order valence-corrected chi connectivity index (χ4v) is 1.84. The molecule has 0 unspecified atom stereocenters. The van der Waals surface area contributed by atoms with Gasteiger partial charge in [-0.2, -0.15) is 0 Å². The molecule has 0 amide bonds. The lowest BCUT2D eigenvalue weighted by molar-refractivity contribution is 0.616. The average molecular weight is 269 g/mol. The Hall–Kier alpha value is -2.76. The minimum absolute atomic E-state index is 0.295. The van der Waals surface area contributed by atoms with Gasteiger partial charge >= 0.3 is 0 Å². The lowest BCUT2D eigenvalue weighted by Gasteiger charge is -2.08. The zero-order chi connectivity index (χ0) is 13.8. The zero-order valence-electron chi connectivity index (χ0n) is 10.6. The first-order valence-electron chi connectivity index (χ1n) is 6.10. The van der Waals surface area contributed by atoms with E-state index in [4.69, 9.17) is 0 Å². The Morgan fingerprint density at radius 1 is 1.15 bits per heavy atom. The Morgan fingerprint density at radius 3 is 2.70 bits per heavy atom. The highest BCUT2D eigenvalue weighted by Gasteiger charge is 2.05. The van der Waals surface area contributed by atoms with Gasteiger partial charge in [0.1, 0.15) is 5.82 Å². The highest BCUT2D eigenvalue weighted by Crippen LogP contribution is 2.15. The molecule has 1 aromatic carbocycles. The minimum atomic E-state index is -0.295. The normalized spacial score (nSPS) is 10.4. The zero-order valence-corrected chi connectivity index (χ0v) is 10.6. The molecular formula is C14H12FN5. The second-order valence-electron chi connectivity index (χ2n) is 4.18. The van der Waals surface area contributed by atoms with Crippen molar-refractivity contribution in [3.63, 3.8) is 0 Å². The van der Waals surface area contributed by atoms with E-state index in [1.54, 1.807) is 47.8 Å². The number of aromatic nitrogens is 4. The predicted molar refractivity (Wildman–Crippen MR) is 72.9 cm³/mol. The molecule has 0 aliphatic heterocycles. The molecule has 0 radical (unpaired) electrons. The van der Waals surface area contributed by atoms with E-state index in [9.17, 15) is 4.39 Å². The SMILES string of the molecule is Fc1cc(CNc2ncccn2)ccc1-n1ccnc1. The van der Waals surface area contributed by atoms with Gasteiger partial charge in [0.05, 0.1) is 12.0 Å². The van der Waals surface area contributed by atoms with Gasteiger partial charge in [-0.25, -0.2) is 19.3 Å². The largest absolute Gasteiger partial charge is 0.350 e. The van der Waals surface area contributed by atoms with E-state index in [0.717, 1.165) is 5.56 Å². The maximum atomic E-state index is 14.0. The summed E-state index contributed by atoms with van der Waals surface area (Å²) in [6, 6.07) is 6.81. The molecular weight excluding hydrogens is 257 g/mol. The number of anilines is 1. The van der Waals surface area contributed by atoms with Gasteiger partial charge in [0.2, 0.25) is 5.95 Å². The quantitative estimate of drug-likeness (QED) is 0.790. The van der Waals surface area contributed by atoms with Crippen LogP contribution in [0.15, 0.2) is 55.4 Å². The van der Waals surface area contributed by atoms with Crippen LogP contribution in [0.25, 0.3) is 5.69 Å². The van der Waals surface area contributed by atoms with E-state index < -0.39 is 0 Å². The van der Waals surface area contributed by atoms with Crippen molar-refractivity contribution >= 4 is 5.95 Å². The van der Waals surface area contributed by atoms with Crippen molar-refractivity contribution in [1.29, 1.82) is 0 Å². The lowest BCUT2D eigenvalue weighted by atomic mass is 10.2. The molecule has 5 nitrogen and oxygen atoms in total. The van der Waals surface area contributed by atoms with E-state index >= 15 is 0 Å². The van der Waals surface area contributed by atoms with Crippen molar-refractivity contribution in [3.8, 4) is 5.69 Å². The van der Waals surface area contributed by atoms with Gasteiger partial charge in [0.15, 0.2) is 0 Å². The van der Waals surface area contributed by atoms with Crippen molar-refractivity contribution in [2.24, 2.45) is 0 Å². The number of imidazole rings is 1. The number of nitrogens with zero attached hydrogens (tertiary/aromatic N) is 4. The third kappa shape index (κ3) is 2.64. The minimum Gasteiger partial charge on any atom is -0.350 e. The molecule has 0 saturated carbocycles. The summed E-state index contributed by atoms with van der Waals surface area (Å²) in [4.78, 5) is 12.0. The standard InChI is InChI=1S/C14H12FN5/c15-12-8-11(9-19-14-17-4-1-5-18-14)2-3-13(12)20-7-6-16-10-20/h1-8,10H,9H2,(H,17,18,19). The Morgan fingerprint density at radius 2 is 2.00 bits per heavy atom. The van der Waals surface area contributed by atoms with Crippen LogP contribution in [-0.4, -0.2) is 19.5 Å². The molecule has 2 heterocycles. The Bertz CT molecular complexity index is 682. The summed E-state index contributed by atoms with van der Waals surface area (Å²) in [5.74, 6) is 0.225. The van der Waals surface area contributed by atoms with Crippen LogP contribution in [0, 0.1) is 5.82 Å². The summed E-state index contributed by atoms with van der Waals surface area (Å²) < 4.78 is 15.7. The van der Waals surface area contributed by atoms with Crippen molar-refractivity contribution in [2.75, 3.05) is 5.32 Å². The monoisotopic (exact) mass is 269 g/mol. The molecule has 1 N–H and O–H groups in total. The van der Waals surface area contributed by atoms with E-state index in [1.807, 2.05) is 6.07 Å². The van der Waals surface area contributed by atoms with Crippen LogP contribution in [0.4, 0.5) is 10.3 Å². The Balaban J connectivity index is 1.74. The summed E-state index contributed by atoms with van der Waals surface area (Å²) in [7, 11) is 0. The Labute approximate surface area is 115 Å². The molecule has 0 fully saturated rings. The van der Waals surface area contributed by atoms with Gasteiger partial charge < -0.3 is 9.88 Å². The predicted octanol–water partition coefficient (Wildman–Crippen LogP) is 2.41. The maximum Gasteiger partial charge on any atom is 0.222 e. The van der Waals surface area contributed by atoms with E-state index in [-0.39, 0.29) is 5.82 Å². The van der Waals surface area contributed by atoms with Crippen LogP contribution in [0.5, 0.6) is 0 Å². The smallest absolute Gasteiger partial charge is 0.222 e. The molecule has 6 heteroatoms. The van der Waals surface area contributed by atoms with Crippen molar-refractivity contribution < 1.29 is 4.39 Å². The van der Waals surface area contributed by atoms with Crippen molar-refractivity contribution in [3.05, 3.63) is 66.8 Å². The van der Waals surface area contributed by atoms with Crippen LogP contribution in [0.1, 0.15) is 5.56 Å². The molecule has 100 valence electrons. The molecule has 0 bridgehead atoms. The van der Waals surface area contributed by atoms with Crippen LogP contribution in [0.3, 0.4) is 0 Å². The van der Waals surface area contributed by atoms with Gasteiger partial charge in [-0.3, -0.25) is 0 Å². The molecule has 2 aromatic heterocycles. The van der Waals surface area contributed by atoms with E-state index in [2.05, 4.69) is 20.3 Å². The van der Waals surface area contributed by atoms with E-state index in [1.165, 1.54) is 6.07 Å². The topological polar surface area (TPSA) is 55.6 Å². The molecule has 3 aromatic rings. The molecule has 0 aliphatic carbocycles. The fraction of sp³-hybridized carbons (Fsp3) is 0.0714. The molecule has 0 aliphatic rings. The lowest BCUT2D eigenvalue weighted by Crippen LogP contribution is -2.04. The molecule has 0 atom stereocenters. The summed E-state index contributed by atoms with van der Waals surface area (Å²) in [5.41, 5.74) is 1.29. The summed E-state index contributed by atoms with van der Waals surface area (Å²) >= 11 is 0. The number of nitrogens with one attached hydrogen (secondary N) is 1. The van der Waals surface area contributed by atoms with Crippen LogP contribution >= 0.6 is 0 Å². The van der Waals surface area contributed by atoms with Crippen LogP contribution in [0.2, 0.25) is 0 Å². The first-order valence-corrected chi connectivity index (χ1v) is 6.10. The highest BCUT2D eigenvalue weighted by atomic mass is 19.1. The summed E-state index contributed by atoms with van der Waals surface area (Å²) in [5, 5.41) is 3.03. The van der Waals surface area contributed by atoms with Crippen LogP contribution < -0.4 is 5.32 Å². The molecule has 3 rings (SSSR count). The first kappa shape index (κ1) is 12.3. The fourth-order valence-electron chi connectivity index (χ4n) is 1.84. The molecule has 0 saturated heterocycles. The number of benzene rings is 1. The Kier molecular flexibility index (Phi) is 3.36. The average Bonchev–Trinajstić information content (AvgIpc) is 3.00. The van der Waals surface area contributed by atoms with Gasteiger partial charge in [0, 0.05) is 31.3 Å². The third-order valence-corrected chi connectivity index (χ3v) is 2.81. The first-order chi connectivity index (χ1) is 9.83. The number of hydrogen-bond acceptors (Lipinski definition) is 4.